The Morgan fingerprint density at radius 1 is 1.67 bits per heavy atom. The van der Waals surface area contributed by atoms with E-state index in [0.717, 1.165) is 19.4 Å². The Morgan fingerprint density at radius 3 is 3.00 bits per heavy atom. The molecule has 1 aliphatic rings. The van der Waals surface area contributed by atoms with Crippen LogP contribution < -0.4 is 0 Å². The van der Waals surface area contributed by atoms with Crippen LogP contribution in [-0.4, -0.2) is 37.1 Å². The summed E-state index contributed by atoms with van der Waals surface area (Å²) in [7, 11) is 1.69. The van der Waals surface area contributed by atoms with Crippen LogP contribution in [0.5, 0.6) is 0 Å². The average Bonchev–Trinajstić information content (AvgIpc) is 2.52. The van der Waals surface area contributed by atoms with Crippen molar-refractivity contribution in [2.75, 3.05) is 20.3 Å². The third-order valence-electron chi connectivity index (χ3n) is 2.36. The van der Waals surface area contributed by atoms with Crippen LogP contribution >= 0.6 is 0 Å². The summed E-state index contributed by atoms with van der Waals surface area (Å²) in [5, 5.41) is 0. The minimum Gasteiger partial charge on any atom is -0.383 e. The number of amides is 1. The van der Waals surface area contributed by atoms with Crippen molar-refractivity contribution in [3.05, 3.63) is 0 Å². The van der Waals surface area contributed by atoms with E-state index in [2.05, 4.69) is 0 Å². The standard InChI is InChI=1S/C9H17NO2/c1-3-9(11)10-6-4-5-8(10)7-12-2/h8H,3-7H2,1-2H3/t8-/m0/s1. The van der Waals surface area contributed by atoms with Crippen molar-refractivity contribution in [3.8, 4) is 0 Å². The molecule has 1 aliphatic heterocycles. The first-order valence-electron chi connectivity index (χ1n) is 4.58. The maximum atomic E-state index is 11.4. The molecule has 0 aromatic rings. The lowest BCUT2D eigenvalue weighted by molar-refractivity contribution is -0.132. The third kappa shape index (κ3) is 1.97. The zero-order chi connectivity index (χ0) is 8.97. The highest BCUT2D eigenvalue weighted by Gasteiger charge is 2.26. The highest BCUT2D eigenvalue weighted by molar-refractivity contribution is 5.76. The number of rotatable bonds is 3. The number of ether oxygens (including phenoxy) is 1. The lowest BCUT2D eigenvalue weighted by Crippen LogP contribution is -2.37. The molecule has 1 rings (SSSR count). The fraction of sp³-hybridized carbons (Fsp3) is 0.889. The first kappa shape index (κ1) is 9.52. The van der Waals surface area contributed by atoms with Gasteiger partial charge in [-0.15, -0.1) is 0 Å². The lowest BCUT2D eigenvalue weighted by Gasteiger charge is -2.23. The largest absolute Gasteiger partial charge is 0.383 e. The van der Waals surface area contributed by atoms with Gasteiger partial charge in [0.05, 0.1) is 12.6 Å². The van der Waals surface area contributed by atoms with Crippen LogP contribution in [0.25, 0.3) is 0 Å². The second-order valence-corrected chi connectivity index (χ2v) is 3.19. The van der Waals surface area contributed by atoms with Crippen molar-refractivity contribution in [1.82, 2.24) is 4.90 Å². The molecule has 1 heterocycles. The molecule has 0 saturated carbocycles. The number of methoxy groups -OCH3 is 1. The van der Waals surface area contributed by atoms with Gasteiger partial charge >= 0.3 is 0 Å². The van der Waals surface area contributed by atoms with Crippen LogP contribution in [0.15, 0.2) is 0 Å². The number of hydrogen-bond acceptors (Lipinski definition) is 2. The molecule has 1 fully saturated rings. The van der Waals surface area contributed by atoms with Gasteiger partial charge in [0.25, 0.3) is 0 Å². The smallest absolute Gasteiger partial charge is 0.222 e. The maximum Gasteiger partial charge on any atom is 0.222 e. The van der Waals surface area contributed by atoms with Gasteiger partial charge in [0.15, 0.2) is 0 Å². The molecule has 1 saturated heterocycles. The SMILES string of the molecule is CCC(=O)N1CCC[C@H]1COC. The highest BCUT2D eigenvalue weighted by atomic mass is 16.5. The molecular weight excluding hydrogens is 154 g/mol. The van der Waals surface area contributed by atoms with E-state index in [4.69, 9.17) is 4.74 Å². The zero-order valence-corrected chi connectivity index (χ0v) is 7.88. The monoisotopic (exact) mass is 171 g/mol. The van der Waals surface area contributed by atoms with E-state index in [0.29, 0.717) is 19.1 Å². The van der Waals surface area contributed by atoms with E-state index in [1.165, 1.54) is 0 Å². The fourth-order valence-electron chi connectivity index (χ4n) is 1.73. The van der Waals surface area contributed by atoms with E-state index in [-0.39, 0.29) is 5.91 Å². The van der Waals surface area contributed by atoms with Crippen LogP contribution in [0.4, 0.5) is 0 Å². The Kier molecular flexibility index (Phi) is 3.53. The summed E-state index contributed by atoms with van der Waals surface area (Å²) in [6.07, 6.45) is 2.83. The topological polar surface area (TPSA) is 29.5 Å². The van der Waals surface area contributed by atoms with Gasteiger partial charge in [0, 0.05) is 20.1 Å². The molecule has 0 unspecified atom stereocenters. The van der Waals surface area contributed by atoms with Crippen molar-refractivity contribution < 1.29 is 9.53 Å². The molecule has 0 aliphatic carbocycles. The highest BCUT2D eigenvalue weighted by Crippen LogP contribution is 2.17. The van der Waals surface area contributed by atoms with Crippen LogP contribution in [-0.2, 0) is 9.53 Å². The molecule has 1 amide bonds. The Morgan fingerprint density at radius 2 is 2.42 bits per heavy atom. The summed E-state index contributed by atoms with van der Waals surface area (Å²) in [6.45, 7) is 3.51. The first-order valence-corrected chi connectivity index (χ1v) is 4.58. The summed E-state index contributed by atoms with van der Waals surface area (Å²) in [4.78, 5) is 13.3. The van der Waals surface area contributed by atoms with E-state index in [1.54, 1.807) is 7.11 Å². The van der Waals surface area contributed by atoms with E-state index in [1.807, 2.05) is 11.8 Å². The lowest BCUT2D eigenvalue weighted by atomic mass is 10.2. The van der Waals surface area contributed by atoms with Crippen molar-refractivity contribution in [3.63, 3.8) is 0 Å². The van der Waals surface area contributed by atoms with E-state index >= 15 is 0 Å². The van der Waals surface area contributed by atoms with Gasteiger partial charge in [0.2, 0.25) is 5.91 Å². The molecule has 0 bridgehead atoms. The molecular formula is C9H17NO2. The minimum absolute atomic E-state index is 0.259. The quantitative estimate of drug-likeness (QED) is 0.635. The predicted octanol–water partition coefficient (Wildman–Crippen LogP) is 1.03. The molecule has 0 aromatic carbocycles. The van der Waals surface area contributed by atoms with Crippen LogP contribution in [0.3, 0.4) is 0 Å². The number of carbonyl (C=O) groups excluding carboxylic acids is 1. The first-order chi connectivity index (χ1) is 5.79. The predicted molar refractivity (Wildman–Crippen MR) is 46.9 cm³/mol. The molecule has 12 heavy (non-hydrogen) atoms. The van der Waals surface area contributed by atoms with Gasteiger partial charge in [-0.3, -0.25) is 4.79 Å². The normalized spacial score (nSPS) is 23.2. The second-order valence-electron chi connectivity index (χ2n) is 3.19. The van der Waals surface area contributed by atoms with Crippen LogP contribution in [0.1, 0.15) is 26.2 Å². The van der Waals surface area contributed by atoms with Crippen LogP contribution in [0.2, 0.25) is 0 Å². The van der Waals surface area contributed by atoms with Crippen molar-refractivity contribution in [2.24, 2.45) is 0 Å². The Labute approximate surface area is 73.7 Å². The van der Waals surface area contributed by atoms with Gasteiger partial charge in [-0.1, -0.05) is 6.92 Å². The van der Waals surface area contributed by atoms with Gasteiger partial charge in [0.1, 0.15) is 0 Å². The van der Waals surface area contributed by atoms with Gasteiger partial charge < -0.3 is 9.64 Å². The van der Waals surface area contributed by atoms with Crippen molar-refractivity contribution in [1.29, 1.82) is 0 Å². The summed E-state index contributed by atoms with van der Waals surface area (Å²) < 4.78 is 5.06. The number of likely N-dealkylation sites (tertiary alicyclic amines) is 1. The van der Waals surface area contributed by atoms with Crippen LogP contribution in [0, 0.1) is 0 Å². The van der Waals surface area contributed by atoms with Gasteiger partial charge in [-0.05, 0) is 12.8 Å². The molecule has 1 atom stereocenters. The molecule has 0 spiro atoms. The fourth-order valence-corrected chi connectivity index (χ4v) is 1.73. The minimum atomic E-state index is 0.259. The second kappa shape index (κ2) is 4.45. The van der Waals surface area contributed by atoms with Crippen molar-refractivity contribution >= 4 is 5.91 Å². The average molecular weight is 171 g/mol. The summed E-state index contributed by atoms with van der Waals surface area (Å²) in [5.41, 5.74) is 0. The van der Waals surface area contributed by atoms with E-state index in [9.17, 15) is 4.79 Å². The van der Waals surface area contributed by atoms with Gasteiger partial charge in [-0.25, -0.2) is 0 Å². The number of hydrogen-bond donors (Lipinski definition) is 0. The molecule has 3 heteroatoms. The summed E-state index contributed by atoms with van der Waals surface area (Å²) in [5.74, 6) is 0.259. The Bertz CT molecular complexity index is 159. The third-order valence-corrected chi connectivity index (χ3v) is 2.36. The Balaban J connectivity index is 2.45. The Hall–Kier alpha value is -0.570. The number of carbonyl (C=O) groups is 1. The molecule has 70 valence electrons. The summed E-state index contributed by atoms with van der Waals surface area (Å²) >= 11 is 0. The molecule has 0 aromatic heterocycles. The maximum absolute atomic E-state index is 11.4. The molecule has 3 nitrogen and oxygen atoms in total. The molecule has 0 radical (unpaired) electrons. The molecule has 0 N–H and O–H groups in total. The number of nitrogens with zero attached hydrogens (tertiary/aromatic N) is 1. The van der Waals surface area contributed by atoms with Crippen molar-refractivity contribution in [2.45, 2.75) is 32.2 Å². The van der Waals surface area contributed by atoms with E-state index < -0.39 is 0 Å². The van der Waals surface area contributed by atoms with Gasteiger partial charge in [-0.2, -0.15) is 0 Å². The summed E-state index contributed by atoms with van der Waals surface area (Å²) in [6, 6.07) is 0.336. The zero-order valence-electron chi connectivity index (χ0n) is 7.88.